The molecule has 8 heteroatoms. The maximum absolute atomic E-state index is 12.4. The number of alkyl halides is 3. The summed E-state index contributed by atoms with van der Waals surface area (Å²) in [5.41, 5.74) is 5.94. The zero-order valence-corrected chi connectivity index (χ0v) is 11.6. The second-order valence-corrected chi connectivity index (χ2v) is 6.38. The molecular weight excluding hydrogens is 293 g/mol. The maximum atomic E-state index is 12.4. The average molecular weight is 310 g/mol. The Labute approximate surface area is 116 Å². The summed E-state index contributed by atoms with van der Waals surface area (Å²) in [5, 5.41) is 0. The van der Waals surface area contributed by atoms with E-state index in [-0.39, 0.29) is 25.3 Å². The van der Waals surface area contributed by atoms with Crippen LogP contribution in [0.25, 0.3) is 0 Å². The Morgan fingerprint density at radius 1 is 1.15 bits per heavy atom. The molecule has 0 saturated heterocycles. The third-order valence-corrected chi connectivity index (χ3v) is 4.44. The summed E-state index contributed by atoms with van der Waals surface area (Å²) < 4.78 is 61.4. The smallest absolute Gasteiger partial charge is 0.329 e. The summed E-state index contributed by atoms with van der Waals surface area (Å²) >= 11 is 0. The van der Waals surface area contributed by atoms with Crippen molar-refractivity contribution < 1.29 is 21.6 Å². The molecule has 1 aromatic carbocycles. The van der Waals surface area contributed by atoms with Crippen LogP contribution in [0.3, 0.4) is 0 Å². The summed E-state index contributed by atoms with van der Waals surface area (Å²) in [6.07, 6.45) is -4.41. The van der Waals surface area contributed by atoms with Crippen molar-refractivity contribution in [2.45, 2.75) is 12.6 Å². The number of nitrogens with two attached hydrogens (primary N) is 1. The van der Waals surface area contributed by atoms with E-state index in [0.29, 0.717) is 4.31 Å². The van der Waals surface area contributed by atoms with Gasteiger partial charge in [0.1, 0.15) is 6.54 Å². The lowest BCUT2D eigenvalue weighted by atomic mass is 10.2. The lowest BCUT2D eigenvalue weighted by molar-refractivity contribution is -0.135. The van der Waals surface area contributed by atoms with Gasteiger partial charge in [-0.3, -0.25) is 0 Å². The molecule has 0 aliphatic carbocycles. The molecule has 4 nitrogen and oxygen atoms in total. The molecule has 0 unspecified atom stereocenters. The summed E-state index contributed by atoms with van der Waals surface area (Å²) in [4.78, 5) is 0. The SMILES string of the molecule is NCCN(CC(F)(F)F)S(=O)(=O)CCc1ccccc1. The topological polar surface area (TPSA) is 63.4 Å². The molecule has 0 spiro atoms. The quantitative estimate of drug-likeness (QED) is 0.827. The zero-order chi connectivity index (χ0) is 15.2. The van der Waals surface area contributed by atoms with Gasteiger partial charge in [0, 0.05) is 13.1 Å². The van der Waals surface area contributed by atoms with Crippen LogP contribution in [0.1, 0.15) is 5.56 Å². The highest BCUT2D eigenvalue weighted by molar-refractivity contribution is 7.89. The fraction of sp³-hybridized carbons (Fsp3) is 0.500. The van der Waals surface area contributed by atoms with Crippen LogP contribution in [0.15, 0.2) is 30.3 Å². The lowest BCUT2D eigenvalue weighted by Crippen LogP contribution is -2.43. The fourth-order valence-electron chi connectivity index (χ4n) is 1.68. The van der Waals surface area contributed by atoms with Crippen LogP contribution < -0.4 is 5.73 Å². The molecule has 0 saturated carbocycles. The van der Waals surface area contributed by atoms with Crippen molar-refractivity contribution in [3.8, 4) is 0 Å². The predicted molar refractivity (Wildman–Crippen MR) is 70.6 cm³/mol. The van der Waals surface area contributed by atoms with Crippen LogP contribution in [0.4, 0.5) is 13.2 Å². The number of halogens is 3. The second kappa shape index (κ2) is 7.05. The van der Waals surface area contributed by atoms with E-state index in [1.807, 2.05) is 0 Å². The Morgan fingerprint density at radius 2 is 1.75 bits per heavy atom. The first-order chi connectivity index (χ1) is 9.24. The van der Waals surface area contributed by atoms with Gasteiger partial charge in [0.25, 0.3) is 0 Å². The molecule has 0 aromatic heterocycles. The van der Waals surface area contributed by atoms with Gasteiger partial charge in [0.05, 0.1) is 5.75 Å². The molecule has 0 bridgehead atoms. The van der Waals surface area contributed by atoms with Crippen LogP contribution in [-0.4, -0.2) is 44.3 Å². The molecule has 0 aliphatic heterocycles. The van der Waals surface area contributed by atoms with Crippen LogP contribution in [0, 0.1) is 0 Å². The number of hydrogen-bond acceptors (Lipinski definition) is 3. The molecule has 20 heavy (non-hydrogen) atoms. The molecule has 0 radical (unpaired) electrons. The van der Waals surface area contributed by atoms with Gasteiger partial charge in [0.2, 0.25) is 10.0 Å². The van der Waals surface area contributed by atoms with Crippen molar-refractivity contribution in [2.75, 3.05) is 25.4 Å². The van der Waals surface area contributed by atoms with E-state index in [1.165, 1.54) is 0 Å². The van der Waals surface area contributed by atoms with Crippen molar-refractivity contribution in [3.05, 3.63) is 35.9 Å². The van der Waals surface area contributed by atoms with Crippen molar-refractivity contribution in [1.29, 1.82) is 0 Å². The first kappa shape index (κ1) is 16.9. The standard InChI is InChI=1S/C12H17F3N2O2S/c13-12(14,15)10-17(8-7-16)20(18,19)9-6-11-4-2-1-3-5-11/h1-5H,6-10,16H2. The second-order valence-electron chi connectivity index (χ2n) is 4.29. The van der Waals surface area contributed by atoms with Crippen molar-refractivity contribution >= 4 is 10.0 Å². The van der Waals surface area contributed by atoms with E-state index in [2.05, 4.69) is 0 Å². The van der Waals surface area contributed by atoms with Crippen LogP contribution in [-0.2, 0) is 16.4 Å². The molecule has 1 rings (SSSR count). The Kier molecular flexibility index (Phi) is 5.97. The van der Waals surface area contributed by atoms with Crippen LogP contribution >= 0.6 is 0 Å². The summed E-state index contributed by atoms with van der Waals surface area (Å²) in [6, 6.07) is 8.73. The highest BCUT2D eigenvalue weighted by Crippen LogP contribution is 2.19. The predicted octanol–water partition coefficient (Wildman–Crippen LogP) is 1.38. The number of nitrogens with zero attached hydrogens (tertiary/aromatic N) is 1. The van der Waals surface area contributed by atoms with Gasteiger partial charge in [-0.2, -0.15) is 17.5 Å². The molecule has 1 aromatic rings. The molecule has 0 atom stereocenters. The zero-order valence-electron chi connectivity index (χ0n) is 10.8. The van der Waals surface area contributed by atoms with E-state index in [9.17, 15) is 21.6 Å². The first-order valence-corrected chi connectivity index (χ1v) is 7.64. The molecule has 0 aliphatic rings. The number of rotatable bonds is 7. The van der Waals surface area contributed by atoms with E-state index >= 15 is 0 Å². The van der Waals surface area contributed by atoms with Gasteiger partial charge in [0.15, 0.2) is 0 Å². The highest BCUT2D eigenvalue weighted by atomic mass is 32.2. The monoisotopic (exact) mass is 310 g/mol. The summed E-state index contributed by atoms with van der Waals surface area (Å²) in [6.45, 7) is -1.99. The van der Waals surface area contributed by atoms with Crippen molar-refractivity contribution in [1.82, 2.24) is 4.31 Å². The summed E-state index contributed by atoms with van der Waals surface area (Å²) in [5.74, 6) is -0.368. The van der Waals surface area contributed by atoms with Gasteiger partial charge in [-0.05, 0) is 12.0 Å². The fourth-order valence-corrected chi connectivity index (χ4v) is 3.16. The van der Waals surface area contributed by atoms with Gasteiger partial charge < -0.3 is 5.73 Å². The normalized spacial score (nSPS) is 12.8. The molecule has 2 N–H and O–H groups in total. The number of sulfonamides is 1. The molecule has 0 amide bonds. The van der Waals surface area contributed by atoms with Crippen molar-refractivity contribution in [2.24, 2.45) is 5.73 Å². The van der Waals surface area contributed by atoms with E-state index in [4.69, 9.17) is 5.73 Å². The molecule has 114 valence electrons. The Bertz CT molecular complexity index is 503. The first-order valence-electron chi connectivity index (χ1n) is 6.03. The Morgan fingerprint density at radius 3 is 2.25 bits per heavy atom. The lowest BCUT2D eigenvalue weighted by Gasteiger charge is -2.22. The summed E-state index contributed by atoms with van der Waals surface area (Å²) in [7, 11) is -3.98. The third-order valence-electron chi connectivity index (χ3n) is 2.62. The minimum atomic E-state index is -4.57. The van der Waals surface area contributed by atoms with Crippen molar-refractivity contribution in [3.63, 3.8) is 0 Å². The highest BCUT2D eigenvalue weighted by Gasteiger charge is 2.35. The maximum Gasteiger partial charge on any atom is 0.402 e. The largest absolute Gasteiger partial charge is 0.402 e. The third kappa shape index (κ3) is 5.89. The van der Waals surface area contributed by atoms with E-state index in [1.54, 1.807) is 30.3 Å². The number of benzene rings is 1. The molecule has 0 heterocycles. The average Bonchev–Trinajstić information content (AvgIpc) is 2.36. The van der Waals surface area contributed by atoms with Crippen LogP contribution in [0.5, 0.6) is 0 Å². The number of aryl methyl sites for hydroxylation is 1. The Hall–Kier alpha value is -1.12. The van der Waals surface area contributed by atoms with E-state index < -0.39 is 22.7 Å². The van der Waals surface area contributed by atoms with Crippen LogP contribution in [0.2, 0.25) is 0 Å². The van der Waals surface area contributed by atoms with Gasteiger partial charge >= 0.3 is 6.18 Å². The van der Waals surface area contributed by atoms with E-state index in [0.717, 1.165) is 5.56 Å². The Balaban J connectivity index is 2.72. The van der Waals surface area contributed by atoms with Gasteiger partial charge in [-0.1, -0.05) is 30.3 Å². The molecule has 0 fully saturated rings. The minimum Gasteiger partial charge on any atom is -0.329 e. The minimum absolute atomic E-state index is 0.152. The van der Waals surface area contributed by atoms with Gasteiger partial charge in [-0.15, -0.1) is 0 Å². The van der Waals surface area contributed by atoms with Gasteiger partial charge in [-0.25, -0.2) is 8.42 Å². The number of hydrogen-bond donors (Lipinski definition) is 1. The molecular formula is C12H17F3N2O2S.